The van der Waals surface area contributed by atoms with E-state index >= 15 is 0 Å². The highest BCUT2D eigenvalue weighted by molar-refractivity contribution is 6.21. The first kappa shape index (κ1) is 19.4. The van der Waals surface area contributed by atoms with Gasteiger partial charge in [-0.25, -0.2) is 0 Å². The van der Waals surface area contributed by atoms with Crippen LogP contribution in [0.15, 0.2) is 48.5 Å². The lowest BCUT2D eigenvalue weighted by Gasteiger charge is -2.13. The van der Waals surface area contributed by atoms with Crippen molar-refractivity contribution < 1.29 is 19.1 Å². The Hall–Kier alpha value is -3.88. The van der Waals surface area contributed by atoms with Crippen molar-refractivity contribution in [2.75, 3.05) is 6.54 Å². The molecule has 0 radical (unpaired) electrons. The van der Waals surface area contributed by atoms with Gasteiger partial charge in [0.1, 0.15) is 0 Å². The number of benzene rings is 2. The van der Waals surface area contributed by atoms with Crippen LogP contribution in [-0.4, -0.2) is 49.4 Å². The Kier molecular flexibility index (Phi) is 5.34. The van der Waals surface area contributed by atoms with E-state index in [-0.39, 0.29) is 31.4 Å². The number of ether oxygens (including phenoxy) is 1. The number of aryl methyl sites for hydroxylation is 1. The summed E-state index contributed by atoms with van der Waals surface area (Å²) in [6.07, 6.45) is 0.381. The number of amides is 2. The van der Waals surface area contributed by atoms with Gasteiger partial charge in [0.2, 0.25) is 0 Å². The molecule has 2 heterocycles. The number of imide groups is 1. The second kappa shape index (κ2) is 8.24. The molecule has 30 heavy (non-hydrogen) atoms. The number of para-hydroxylation sites is 1. The molecular formula is C21H19N5O4. The Bertz CT molecular complexity index is 1110. The molecule has 0 aliphatic carbocycles. The van der Waals surface area contributed by atoms with E-state index in [1.807, 2.05) is 37.3 Å². The van der Waals surface area contributed by atoms with Gasteiger partial charge in [-0.2, -0.15) is 4.68 Å². The summed E-state index contributed by atoms with van der Waals surface area (Å²) < 4.78 is 6.75. The third kappa shape index (κ3) is 3.82. The number of aromatic nitrogens is 4. The van der Waals surface area contributed by atoms with Crippen molar-refractivity contribution in [3.63, 3.8) is 0 Å². The molecule has 9 nitrogen and oxygen atoms in total. The molecule has 9 heteroatoms. The summed E-state index contributed by atoms with van der Waals surface area (Å²) in [6.45, 7) is 1.94. The minimum atomic E-state index is -0.454. The number of nitrogens with zero attached hydrogens (tertiary/aromatic N) is 5. The molecule has 2 aromatic carbocycles. The van der Waals surface area contributed by atoms with Crippen LogP contribution in [0.4, 0.5) is 0 Å². The lowest BCUT2D eigenvalue weighted by Crippen LogP contribution is -2.31. The van der Waals surface area contributed by atoms with E-state index in [0.717, 1.165) is 11.3 Å². The predicted molar refractivity (Wildman–Crippen MR) is 105 cm³/mol. The van der Waals surface area contributed by atoms with Crippen molar-refractivity contribution in [2.24, 2.45) is 0 Å². The summed E-state index contributed by atoms with van der Waals surface area (Å²) in [6, 6.07) is 14.4. The zero-order valence-electron chi connectivity index (χ0n) is 16.3. The van der Waals surface area contributed by atoms with Crippen LogP contribution in [0.5, 0.6) is 0 Å². The highest BCUT2D eigenvalue weighted by atomic mass is 16.5. The molecule has 2 amide bonds. The summed E-state index contributed by atoms with van der Waals surface area (Å²) in [5.41, 5.74) is 2.49. The van der Waals surface area contributed by atoms with Crippen LogP contribution in [0, 0.1) is 6.92 Å². The average molecular weight is 405 g/mol. The second-order valence-corrected chi connectivity index (χ2v) is 6.92. The molecule has 0 unspecified atom stereocenters. The molecule has 1 aromatic heterocycles. The lowest BCUT2D eigenvalue weighted by molar-refractivity contribution is -0.145. The molecule has 0 spiro atoms. The highest BCUT2D eigenvalue weighted by Gasteiger charge is 2.35. The van der Waals surface area contributed by atoms with Gasteiger partial charge in [0.05, 0.1) is 16.8 Å². The second-order valence-electron chi connectivity index (χ2n) is 6.92. The van der Waals surface area contributed by atoms with E-state index in [4.69, 9.17) is 4.74 Å². The molecule has 0 saturated carbocycles. The number of tetrazole rings is 1. The van der Waals surface area contributed by atoms with Crippen LogP contribution >= 0.6 is 0 Å². The molecule has 0 saturated heterocycles. The molecule has 0 N–H and O–H groups in total. The van der Waals surface area contributed by atoms with E-state index in [0.29, 0.717) is 23.4 Å². The van der Waals surface area contributed by atoms with E-state index in [9.17, 15) is 14.4 Å². The molecule has 152 valence electrons. The van der Waals surface area contributed by atoms with Gasteiger partial charge < -0.3 is 4.74 Å². The smallest absolute Gasteiger partial charge is 0.306 e. The van der Waals surface area contributed by atoms with Crippen molar-refractivity contribution in [3.8, 4) is 5.69 Å². The first-order valence-corrected chi connectivity index (χ1v) is 9.50. The summed E-state index contributed by atoms with van der Waals surface area (Å²) in [5.74, 6) is -0.713. The molecule has 3 aromatic rings. The predicted octanol–water partition coefficient (Wildman–Crippen LogP) is 2.09. The largest absolute Gasteiger partial charge is 0.457 e. The Morgan fingerprint density at radius 1 is 1.03 bits per heavy atom. The van der Waals surface area contributed by atoms with Crippen molar-refractivity contribution in [1.29, 1.82) is 0 Å². The summed E-state index contributed by atoms with van der Waals surface area (Å²) >= 11 is 0. The fourth-order valence-electron chi connectivity index (χ4n) is 3.27. The number of hydrogen-bond acceptors (Lipinski definition) is 7. The normalized spacial score (nSPS) is 12.9. The van der Waals surface area contributed by atoms with Crippen LogP contribution in [0.2, 0.25) is 0 Å². The van der Waals surface area contributed by atoms with Crippen LogP contribution in [-0.2, 0) is 16.1 Å². The minimum Gasteiger partial charge on any atom is -0.457 e. The standard InChI is InChI=1S/C21H19N5O4/c1-14-9-10-16-17(12-14)21(29)25(20(16)28)11-5-8-19(27)30-13-18-22-23-24-26(18)15-6-3-2-4-7-15/h2-4,6-7,9-10,12H,5,8,11,13H2,1H3. The fourth-order valence-corrected chi connectivity index (χ4v) is 3.27. The molecule has 0 atom stereocenters. The first-order chi connectivity index (χ1) is 14.5. The quantitative estimate of drug-likeness (QED) is 0.437. The maximum atomic E-state index is 12.5. The molecule has 0 fully saturated rings. The van der Waals surface area contributed by atoms with Gasteiger partial charge >= 0.3 is 5.97 Å². The van der Waals surface area contributed by atoms with Gasteiger partial charge in [-0.15, -0.1) is 5.10 Å². The minimum absolute atomic E-state index is 0.0688. The molecule has 0 bridgehead atoms. The van der Waals surface area contributed by atoms with E-state index in [1.165, 1.54) is 9.58 Å². The summed E-state index contributed by atoms with van der Waals surface area (Å²) in [4.78, 5) is 38.1. The van der Waals surface area contributed by atoms with Gasteiger partial charge in [-0.3, -0.25) is 19.3 Å². The van der Waals surface area contributed by atoms with Gasteiger partial charge in [0.25, 0.3) is 11.8 Å². The number of esters is 1. The van der Waals surface area contributed by atoms with Crippen LogP contribution in [0.25, 0.3) is 5.69 Å². The third-order valence-electron chi connectivity index (χ3n) is 4.79. The van der Waals surface area contributed by atoms with E-state index in [1.54, 1.807) is 18.2 Å². The topological polar surface area (TPSA) is 107 Å². The monoisotopic (exact) mass is 405 g/mol. The van der Waals surface area contributed by atoms with Crippen molar-refractivity contribution >= 4 is 17.8 Å². The zero-order chi connectivity index (χ0) is 21.1. The Labute approximate surface area is 172 Å². The number of carbonyl (C=O) groups excluding carboxylic acids is 3. The van der Waals surface area contributed by atoms with Crippen molar-refractivity contribution in [1.82, 2.24) is 25.1 Å². The van der Waals surface area contributed by atoms with E-state index < -0.39 is 5.97 Å². The maximum absolute atomic E-state index is 12.5. The average Bonchev–Trinajstić information content (AvgIpc) is 3.31. The molecule has 1 aliphatic heterocycles. The zero-order valence-corrected chi connectivity index (χ0v) is 16.3. The van der Waals surface area contributed by atoms with Crippen molar-refractivity contribution in [2.45, 2.75) is 26.4 Å². The fraction of sp³-hybridized carbons (Fsp3) is 0.238. The number of fused-ring (bicyclic) bond motifs is 1. The summed E-state index contributed by atoms with van der Waals surface area (Å²) in [7, 11) is 0. The van der Waals surface area contributed by atoms with Crippen LogP contribution in [0.1, 0.15) is 44.9 Å². The Morgan fingerprint density at radius 2 is 1.80 bits per heavy atom. The van der Waals surface area contributed by atoms with Gasteiger partial charge in [0.15, 0.2) is 12.4 Å². The van der Waals surface area contributed by atoms with Gasteiger partial charge in [-0.1, -0.05) is 29.8 Å². The molecule has 1 aliphatic rings. The van der Waals surface area contributed by atoms with Crippen molar-refractivity contribution in [3.05, 3.63) is 71.0 Å². The third-order valence-corrected chi connectivity index (χ3v) is 4.79. The SMILES string of the molecule is Cc1ccc2c(c1)C(=O)N(CCCC(=O)OCc1nnnn1-c1ccccc1)C2=O. The lowest BCUT2D eigenvalue weighted by atomic mass is 10.1. The molecular weight excluding hydrogens is 386 g/mol. The molecule has 4 rings (SSSR count). The maximum Gasteiger partial charge on any atom is 0.306 e. The number of hydrogen-bond donors (Lipinski definition) is 0. The Morgan fingerprint density at radius 3 is 2.60 bits per heavy atom. The van der Waals surface area contributed by atoms with Gasteiger partial charge in [-0.05, 0) is 48.0 Å². The highest BCUT2D eigenvalue weighted by Crippen LogP contribution is 2.24. The summed E-state index contributed by atoms with van der Waals surface area (Å²) in [5, 5.41) is 11.4. The number of carbonyl (C=O) groups is 3. The van der Waals surface area contributed by atoms with E-state index in [2.05, 4.69) is 15.5 Å². The van der Waals surface area contributed by atoms with Crippen LogP contribution < -0.4 is 0 Å². The Balaban J connectivity index is 1.28. The van der Waals surface area contributed by atoms with Gasteiger partial charge in [0, 0.05) is 13.0 Å². The first-order valence-electron chi connectivity index (χ1n) is 9.50. The van der Waals surface area contributed by atoms with Crippen LogP contribution in [0.3, 0.4) is 0 Å². The number of rotatable bonds is 7.